The number of carbonyl (C=O) groups excluding carboxylic acids is 1. The molecule has 0 atom stereocenters. The van der Waals surface area contributed by atoms with Gasteiger partial charge in [-0.3, -0.25) is 4.79 Å². The molecule has 2 aromatic rings. The third kappa shape index (κ3) is 3.20. The van der Waals surface area contributed by atoms with Gasteiger partial charge in [0, 0.05) is 21.4 Å². The van der Waals surface area contributed by atoms with Crippen molar-refractivity contribution in [3.63, 3.8) is 0 Å². The highest BCUT2D eigenvalue weighted by Gasteiger charge is 2.33. The molecule has 1 amide bonds. The van der Waals surface area contributed by atoms with E-state index in [1.54, 1.807) is 23.2 Å². The average molecular weight is 405 g/mol. The van der Waals surface area contributed by atoms with Crippen molar-refractivity contribution in [3.05, 3.63) is 57.3 Å². The van der Waals surface area contributed by atoms with Gasteiger partial charge >= 0.3 is 0 Å². The fraction of sp³-hybridized carbons (Fsp3) is 0.188. The molecule has 3 rings (SSSR count). The summed E-state index contributed by atoms with van der Waals surface area (Å²) >= 11 is 2.21. The predicted molar refractivity (Wildman–Crippen MR) is 88.4 cm³/mol. The second-order valence-corrected chi connectivity index (χ2v) is 6.20. The lowest BCUT2D eigenvalue weighted by atomic mass is 10.1. The van der Waals surface area contributed by atoms with Crippen molar-refractivity contribution in [2.45, 2.75) is 6.10 Å². The van der Waals surface area contributed by atoms with Crippen LogP contribution >= 0.6 is 22.6 Å². The SMILES string of the molecule is N#Cc1ccnc(OC2CN(C(=O)c3ccc(I)cc3)C2)c1. The minimum Gasteiger partial charge on any atom is -0.471 e. The van der Waals surface area contributed by atoms with Crippen LogP contribution < -0.4 is 4.74 Å². The smallest absolute Gasteiger partial charge is 0.254 e. The largest absolute Gasteiger partial charge is 0.471 e. The summed E-state index contributed by atoms with van der Waals surface area (Å²) in [4.78, 5) is 18.1. The first-order valence-corrected chi connectivity index (χ1v) is 7.81. The molecule has 110 valence electrons. The number of likely N-dealkylation sites (tertiary alicyclic amines) is 1. The summed E-state index contributed by atoms with van der Waals surface area (Å²) in [5.74, 6) is 0.431. The second kappa shape index (κ2) is 6.32. The standard InChI is InChI=1S/C16H12IN3O2/c17-13-3-1-12(2-4-13)16(21)20-9-14(10-20)22-15-7-11(8-18)5-6-19-15/h1-7,14H,9-10H2. The molecule has 0 bridgehead atoms. The molecule has 1 aliphatic rings. The van der Waals surface area contributed by atoms with Crippen LogP contribution in [0.25, 0.3) is 0 Å². The molecule has 2 heterocycles. The zero-order valence-corrected chi connectivity index (χ0v) is 13.7. The average Bonchev–Trinajstić information content (AvgIpc) is 2.51. The number of aromatic nitrogens is 1. The van der Waals surface area contributed by atoms with E-state index in [2.05, 4.69) is 27.6 Å². The number of halogens is 1. The van der Waals surface area contributed by atoms with Gasteiger partial charge in [-0.05, 0) is 52.9 Å². The highest BCUT2D eigenvalue weighted by molar-refractivity contribution is 14.1. The van der Waals surface area contributed by atoms with Crippen molar-refractivity contribution < 1.29 is 9.53 Å². The van der Waals surface area contributed by atoms with Gasteiger partial charge in [0.1, 0.15) is 6.10 Å². The van der Waals surface area contributed by atoms with Gasteiger partial charge in [0.2, 0.25) is 5.88 Å². The Balaban J connectivity index is 1.56. The molecule has 1 aliphatic heterocycles. The highest BCUT2D eigenvalue weighted by atomic mass is 127. The van der Waals surface area contributed by atoms with Crippen LogP contribution in [0.3, 0.4) is 0 Å². The van der Waals surface area contributed by atoms with E-state index in [4.69, 9.17) is 10.00 Å². The maximum atomic E-state index is 12.2. The third-order valence-corrected chi connectivity index (χ3v) is 4.10. The summed E-state index contributed by atoms with van der Waals surface area (Å²) in [6.07, 6.45) is 1.47. The number of pyridine rings is 1. The zero-order chi connectivity index (χ0) is 15.5. The van der Waals surface area contributed by atoms with Crippen LogP contribution in [0.5, 0.6) is 5.88 Å². The van der Waals surface area contributed by atoms with Gasteiger partial charge in [-0.2, -0.15) is 5.26 Å². The van der Waals surface area contributed by atoms with Gasteiger partial charge in [0.05, 0.1) is 24.7 Å². The van der Waals surface area contributed by atoms with E-state index in [0.29, 0.717) is 30.1 Å². The molecular formula is C16H12IN3O2. The van der Waals surface area contributed by atoms with Crippen molar-refractivity contribution in [1.82, 2.24) is 9.88 Å². The van der Waals surface area contributed by atoms with Crippen molar-refractivity contribution in [2.24, 2.45) is 0 Å². The van der Waals surface area contributed by atoms with Crippen molar-refractivity contribution in [2.75, 3.05) is 13.1 Å². The first-order chi connectivity index (χ1) is 10.7. The zero-order valence-electron chi connectivity index (χ0n) is 11.6. The Hall–Kier alpha value is -2.14. The van der Waals surface area contributed by atoms with Crippen LogP contribution in [0.4, 0.5) is 0 Å². The number of nitriles is 1. The van der Waals surface area contributed by atoms with Crippen LogP contribution in [0.2, 0.25) is 0 Å². The highest BCUT2D eigenvalue weighted by Crippen LogP contribution is 2.19. The Labute approximate surface area is 141 Å². The van der Waals surface area contributed by atoms with Crippen LogP contribution in [0, 0.1) is 14.9 Å². The number of benzene rings is 1. The Kier molecular flexibility index (Phi) is 4.24. The maximum Gasteiger partial charge on any atom is 0.254 e. The minimum absolute atomic E-state index is 0.00925. The number of hydrogen-bond acceptors (Lipinski definition) is 4. The monoisotopic (exact) mass is 405 g/mol. The fourth-order valence-corrected chi connectivity index (χ4v) is 2.53. The lowest BCUT2D eigenvalue weighted by molar-refractivity contribution is 0.0160. The summed E-state index contributed by atoms with van der Waals surface area (Å²) in [7, 11) is 0. The number of ether oxygens (including phenoxy) is 1. The quantitative estimate of drug-likeness (QED) is 0.737. The summed E-state index contributed by atoms with van der Waals surface area (Å²) in [5.41, 5.74) is 1.19. The van der Waals surface area contributed by atoms with E-state index >= 15 is 0 Å². The normalized spacial score (nSPS) is 14.1. The van der Waals surface area contributed by atoms with Crippen molar-refractivity contribution in [3.8, 4) is 11.9 Å². The van der Waals surface area contributed by atoms with Crippen LogP contribution in [-0.4, -0.2) is 35.0 Å². The lowest BCUT2D eigenvalue weighted by Crippen LogP contribution is -2.56. The first kappa shape index (κ1) is 14.8. The van der Waals surface area contributed by atoms with Gasteiger partial charge in [-0.25, -0.2) is 4.98 Å². The fourth-order valence-electron chi connectivity index (χ4n) is 2.17. The first-order valence-electron chi connectivity index (χ1n) is 6.73. The van der Waals surface area contributed by atoms with E-state index in [0.717, 1.165) is 3.57 Å². The molecule has 0 unspecified atom stereocenters. The van der Waals surface area contributed by atoms with Crippen LogP contribution in [0.15, 0.2) is 42.6 Å². The van der Waals surface area contributed by atoms with E-state index in [1.807, 2.05) is 30.3 Å². The molecule has 1 saturated heterocycles. The molecule has 0 saturated carbocycles. The Morgan fingerprint density at radius 1 is 1.32 bits per heavy atom. The number of amides is 1. The molecule has 6 heteroatoms. The summed E-state index contributed by atoms with van der Waals surface area (Å²) < 4.78 is 6.77. The molecule has 22 heavy (non-hydrogen) atoms. The summed E-state index contributed by atoms with van der Waals surface area (Å²) in [5, 5.41) is 8.84. The predicted octanol–water partition coefficient (Wildman–Crippen LogP) is 2.46. The molecule has 0 radical (unpaired) electrons. The van der Waals surface area contributed by atoms with Crippen molar-refractivity contribution in [1.29, 1.82) is 5.26 Å². The van der Waals surface area contributed by atoms with Gasteiger partial charge in [0.15, 0.2) is 0 Å². The van der Waals surface area contributed by atoms with E-state index in [-0.39, 0.29) is 12.0 Å². The van der Waals surface area contributed by atoms with Gasteiger partial charge in [-0.15, -0.1) is 0 Å². The third-order valence-electron chi connectivity index (χ3n) is 3.38. The molecule has 1 fully saturated rings. The second-order valence-electron chi connectivity index (χ2n) is 4.95. The van der Waals surface area contributed by atoms with E-state index < -0.39 is 0 Å². The van der Waals surface area contributed by atoms with Gasteiger partial charge < -0.3 is 9.64 Å². The maximum absolute atomic E-state index is 12.2. The van der Waals surface area contributed by atoms with Gasteiger partial charge in [0.25, 0.3) is 5.91 Å². The summed E-state index contributed by atoms with van der Waals surface area (Å²) in [6.45, 7) is 1.06. The Bertz CT molecular complexity index is 734. The number of carbonyl (C=O) groups is 1. The van der Waals surface area contributed by atoms with Crippen LogP contribution in [-0.2, 0) is 0 Å². The van der Waals surface area contributed by atoms with E-state index in [9.17, 15) is 4.79 Å². The Morgan fingerprint density at radius 3 is 2.73 bits per heavy atom. The molecule has 5 nitrogen and oxygen atoms in total. The molecule has 1 aromatic carbocycles. The molecule has 0 aliphatic carbocycles. The number of nitrogens with zero attached hydrogens (tertiary/aromatic N) is 3. The molecule has 0 N–H and O–H groups in total. The molecule has 0 spiro atoms. The molecule has 1 aromatic heterocycles. The minimum atomic E-state index is -0.0748. The Morgan fingerprint density at radius 2 is 2.05 bits per heavy atom. The van der Waals surface area contributed by atoms with E-state index in [1.165, 1.54) is 0 Å². The van der Waals surface area contributed by atoms with Crippen LogP contribution in [0.1, 0.15) is 15.9 Å². The summed E-state index contributed by atoms with van der Waals surface area (Å²) in [6, 6.07) is 12.8. The number of rotatable bonds is 3. The number of hydrogen-bond donors (Lipinski definition) is 0. The lowest BCUT2D eigenvalue weighted by Gasteiger charge is -2.38. The molecular weight excluding hydrogens is 393 g/mol. The van der Waals surface area contributed by atoms with Gasteiger partial charge in [-0.1, -0.05) is 0 Å². The van der Waals surface area contributed by atoms with Crippen molar-refractivity contribution >= 4 is 28.5 Å². The topological polar surface area (TPSA) is 66.2 Å².